The van der Waals surface area contributed by atoms with Gasteiger partial charge in [-0.05, 0) is 15.9 Å². The molecule has 0 aliphatic rings. The van der Waals surface area contributed by atoms with Gasteiger partial charge in [-0.3, -0.25) is 4.79 Å². The minimum atomic E-state index is -4.34. The van der Waals surface area contributed by atoms with E-state index in [1.54, 1.807) is 0 Å². The van der Waals surface area contributed by atoms with Crippen molar-refractivity contribution in [3.8, 4) is 0 Å². The smallest absolute Gasteiger partial charge is 0.269 e. The number of primary sulfonamides is 1. The van der Waals surface area contributed by atoms with E-state index in [1.165, 1.54) is 0 Å². The van der Waals surface area contributed by atoms with E-state index < -0.39 is 36.9 Å². The zero-order chi connectivity index (χ0) is 11.8. The number of nitrogens with one attached hydrogen (secondary N) is 1. The van der Waals surface area contributed by atoms with Gasteiger partial charge in [0.1, 0.15) is 0 Å². The SMILES string of the molecule is NS(=O)(=O)c1c(Br)c(C(F)F)c[nH]c1=O. The molecule has 0 atom stereocenters. The first-order chi connectivity index (χ1) is 6.75. The summed E-state index contributed by atoms with van der Waals surface area (Å²) in [5.74, 6) is 0. The highest BCUT2D eigenvalue weighted by Gasteiger charge is 2.23. The molecule has 0 bridgehead atoms. The third kappa shape index (κ3) is 2.41. The fraction of sp³-hybridized carbons (Fsp3) is 0.167. The van der Waals surface area contributed by atoms with Crippen LogP contribution in [0.3, 0.4) is 0 Å². The maximum atomic E-state index is 12.3. The van der Waals surface area contributed by atoms with Crippen molar-refractivity contribution in [2.75, 3.05) is 0 Å². The van der Waals surface area contributed by atoms with Crippen LogP contribution in [0.4, 0.5) is 8.78 Å². The first kappa shape index (κ1) is 12.3. The van der Waals surface area contributed by atoms with Gasteiger partial charge in [0, 0.05) is 11.8 Å². The van der Waals surface area contributed by atoms with E-state index in [2.05, 4.69) is 15.9 Å². The largest absolute Gasteiger partial charge is 0.327 e. The average molecular weight is 303 g/mol. The zero-order valence-electron chi connectivity index (χ0n) is 7.00. The van der Waals surface area contributed by atoms with Gasteiger partial charge in [-0.25, -0.2) is 22.3 Å². The Morgan fingerprint density at radius 3 is 2.40 bits per heavy atom. The molecule has 0 saturated carbocycles. The highest BCUT2D eigenvalue weighted by molar-refractivity contribution is 9.10. The van der Waals surface area contributed by atoms with Gasteiger partial charge in [0.15, 0.2) is 4.90 Å². The number of aromatic nitrogens is 1. The van der Waals surface area contributed by atoms with Crippen LogP contribution in [-0.4, -0.2) is 13.4 Å². The quantitative estimate of drug-likeness (QED) is 0.843. The molecule has 15 heavy (non-hydrogen) atoms. The van der Waals surface area contributed by atoms with Crippen molar-refractivity contribution in [2.24, 2.45) is 5.14 Å². The molecule has 1 heterocycles. The molecule has 0 aliphatic carbocycles. The van der Waals surface area contributed by atoms with E-state index in [-0.39, 0.29) is 0 Å². The van der Waals surface area contributed by atoms with Crippen LogP contribution in [0.15, 0.2) is 20.4 Å². The Morgan fingerprint density at radius 1 is 1.47 bits per heavy atom. The topological polar surface area (TPSA) is 93.0 Å². The van der Waals surface area contributed by atoms with Crippen LogP contribution in [-0.2, 0) is 10.0 Å². The molecule has 0 aromatic carbocycles. The van der Waals surface area contributed by atoms with E-state index in [1.807, 2.05) is 4.98 Å². The number of H-pyrrole nitrogens is 1. The molecule has 9 heteroatoms. The highest BCUT2D eigenvalue weighted by Crippen LogP contribution is 2.29. The van der Waals surface area contributed by atoms with Crippen LogP contribution in [0.25, 0.3) is 0 Å². The molecule has 0 amide bonds. The second-order valence-corrected chi connectivity index (χ2v) is 4.85. The Morgan fingerprint density at radius 2 is 2.00 bits per heavy atom. The Kier molecular flexibility index (Phi) is 3.26. The molecule has 3 N–H and O–H groups in total. The minimum absolute atomic E-state index is 0.510. The second kappa shape index (κ2) is 3.99. The van der Waals surface area contributed by atoms with Crippen LogP contribution in [0, 0.1) is 0 Å². The molecule has 5 nitrogen and oxygen atoms in total. The molecule has 0 saturated heterocycles. The monoisotopic (exact) mass is 302 g/mol. The lowest BCUT2D eigenvalue weighted by Gasteiger charge is -2.05. The molecule has 0 spiro atoms. The Balaban J connectivity index is 3.66. The maximum absolute atomic E-state index is 12.3. The van der Waals surface area contributed by atoms with Gasteiger partial charge in [-0.1, -0.05) is 0 Å². The molecule has 0 unspecified atom stereocenters. The van der Waals surface area contributed by atoms with E-state index in [4.69, 9.17) is 5.14 Å². The molecule has 1 aromatic heterocycles. The molecule has 0 aliphatic heterocycles. The van der Waals surface area contributed by atoms with Crippen LogP contribution in [0.2, 0.25) is 0 Å². The fourth-order valence-corrected chi connectivity index (χ4v) is 2.75. The van der Waals surface area contributed by atoms with Crippen molar-refractivity contribution in [1.29, 1.82) is 0 Å². The van der Waals surface area contributed by atoms with E-state index in [0.29, 0.717) is 0 Å². The number of hydrogen-bond donors (Lipinski definition) is 2. The summed E-state index contributed by atoms with van der Waals surface area (Å²) in [6.07, 6.45) is -2.19. The summed E-state index contributed by atoms with van der Waals surface area (Å²) in [5.41, 5.74) is -1.69. The normalized spacial score (nSPS) is 12.1. The molecule has 0 fully saturated rings. The number of aromatic amines is 1. The number of halogens is 3. The molecule has 1 aromatic rings. The summed E-state index contributed by atoms with van der Waals surface area (Å²) < 4.78 is 46.0. The maximum Gasteiger partial charge on any atom is 0.269 e. The molecule has 84 valence electrons. The van der Waals surface area contributed by atoms with Gasteiger partial charge < -0.3 is 4.98 Å². The van der Waals surface area contributed by atoms with Gasteiger partial charge in [0.05, 0.1) is 4.47 Å². The summed E-state index contributed by atoms with van der Waals surface area (Å²) in [7, 11) is -4.34. The van der Waals surface area contributed by atoms with Crippen LogP contribution in [0.5, 0.6) is 0 Å². The number of hydrogen-bond acceptors (Lipinski definition) is 3. The van der Waals surface area contributed by atoms with Crippen molar-refractivity contribution in [3.63, 3.8) is 0 Å². The number of nitrogens with two attached hydrogens (primary N) is 1. The summed E-state index contributed by atoms with van der Waals surface area (Å²) in [6.45, 7) is 0. The number of pyridine rings is 1. The predicted octanol–water partition coefficient (Wildman–Crippen LogP) is 0.722. The Hall–Kier alpha value is -0.800. The van der Waals surface area contributed by atoms with Crippen molar-refractivity contribution in [3.05, 3.63) is 26.6 Å². The number of rotatable bonds is 2. The van der Waals surface area contributed by atoms with Gasteiger partial charge in [-0.15, -0.1) is 0 Å². The lowest BCUT2D eigenvalue weighted by Crippen LogP contribution is -2.24. The third-order valence-corrected chi connectivity index (χ3v) is 3.61. The first-order valence-electron chi connectivity index (χ1n) is 3.47. The average Bonchev–Trinajstić information content (AvgIpc) is 2.00. The molecular weight excluding hydrogens is 298 g/mol. The molecule has 1 rings (SSSR count). The van der Waals surface area contributed by atoms with Gasteiger partial charge in [0.25, 0.3) is 12.0 Å². The minimum Gasteiger partial charge on any atom is -0.327 e. The van der Waals surface area contributed by atoms with Crippen LogP contribution < -0.4 is 10.7 Å². The lowest BCUT2D eigenvalue weighted by atomic mass is 10.3. The standard InChI is InChI=1S/C6H5BrF2N2O3S/c7-3-2(5(8)9)1-11-6(12)4(3)15(10,13)14/h1,5H,(H,11,12)(H2,10,13,14). The summed E-state index contributed by atoms with van der Waals surface area (Å²) in [4.78, 5) is 12.0. The number of sulfonamides is 1. The van der Waals surface area contributed by atoms with Crippen molar-refractivity contribution in [1.82, 2.24) is 4.98 Å². The van der Waals surface area contributed by atoms with E-state index >= 15 is 0 Å². The second-order valence-electron chi connectivity index (χ2n) is 2.56. The summed E-state index contributed by atoms with van der Waals surface area (Å²) in [6, 6.07) is 0. The van der Waals surface area contributed by atoms with E-state index in [9.17, 15) is 22.0 Å². The lowest BCUT2D eigenvalue weighted by molar-refractivity contribution is 0.149. The van der Waals surface area contributed by atoms with Crippen molar-refractivity contribution >= 4 is 26.0 Å². The van der Waals surface area contributed by atoms with E-state index in [0.717, 1.165) is 6.20 Å². The molecular formula is C6H5BrF2N2O3S. The van der Waals surface area contributed by atoms with Gasteiger partial charge in [-0.2, -0.15) is 0 Å². The van der Waals surface area contributed by atoms with Gasteiger partial charge >= 0.3 is 0 Å². The van der Waals surface area contributed by atoms with Crippen LogP contribution >= 0.6 is 15.9 Å². The van der Waals surface area contributed by atoms with Crippen molar-refractivity contribution in [2.45, 2.75) is 11.3 Å². The Bertz CT molecular complexity index is 540. The van der Waals surface area contributed by atoms with Crippen LogP contribution in [0.1, 0.15) is 12.0 Å². The predicted molar refractivity (Wildman–Crippen MR) is 51.1 cm³/mol. The zero-order valence-corrected chi connectivity index (χ0v) is 9.40. The van der Waals surface area contributed by atoms with Gasteiger partial charge in [0.2, 0.25) is 10.0 Å². The Labute approximate surface area is 91.5 Å². The summed E-state index contributed by atoms with van der Waals surface area (Å²) >= 11 is 2.61. The molecule has 0 radical (unpaired) electrons. The third-order valence-electron chi connectivity index (χ3n) is 1.54. The number of alkyl halides is 2. The fourth-order valence-electron chi connectivity index (χ4n) is 0.916. The first-order valence-corrected chi connectivity index (χ1v) is 5.81. The highest BCUT2D eigenvalue weighted by atomic mass is 79.9. The summed E-state index contributed by atoms with van der Waals surface area (Å²) in [5, 5.41) is 4.70. The van der Waals surface area contributed by atoms with Crippen molar-refractivity contribution < 1.29 is 17.2 Å².